The van der Waals surface area contributed by atoms with Gasteiger partial charge in [-0.2, -0.15) is 0 Å². The molecule has 21 heavy (non-hydrogen) atoms. The Bertz CT molecular complexity index is 621. The molecule has 0 bridgehead atoms. The first-order chi connectivity index (χ1) is 10.0. The Kier molecular flexibility index (Phi) is 3.32. The summed E-state index contributed by atoms with van der Waals surface area (Å²) >= 11 is 0. The van der Waals surface area contributed by atoms with Crippen LogP contribution in [0.2, 0.25) is 0 Å². The van der Waals surface area contributed by atoms with Crippen LogP contribution in [0.15, 0.2) is 35.9 Å². The first-order valence-corrected chi connectivity index (χ1v) is 7.28. The van der Waals surface area contributed by atoms with Crippen LogP contribution in [0.25, 0.3) is 0 Å². The SMILES string of the molecule is CC(C)=CC(=O)N1CCC2(CC1)OC(=O)c1ccccc12. The van der Waals surface area contributed by atoms with Crippen molar-refractivity contribution in [3.63, 3.8) is 0 Å². The van der Waals surface area contributed by atoms with Gasteiger partial charge in [-0.15, -0.1) is 0 Å². The van der Waals surface area contributed by atoms with E-state index in [0.717, 1.165) is 11.1 Å². The summed E-state index contributed by atoms with van der Waals surface area (Å²) in [5.74, 6) is -0.197. The van der Waals surface area contributed by atoms with Crippen molar-refractivity contribution < 1.29 is 14.3 Å². The molecule has 0 aromatic heterocycles. The lowest BCUT2D eigenvalue weighted by molar-refractivity contribution is -0.130. The number of rotatable bonds is 1. The molecule has 110 valence electrons. The van der Waals surface area contributed by atoms with Gasteiger partial charge in [-0.05, 0) is 19.9 Å². The Morgan fingerprint density at radius 3 is 2.57 bits per heavy atom. The fraction of sp³-hybridized carbons (Fsp3) is 0.412. The maximum atomic E-state index is 12.1. The first kappa shape index (κ1) is 13.9. The number of allylic oxidation sites excluding steroid dienone is 1. The molecule has 1 saturated heterocycles. The molecule has 2 heterocycles. The van der Waals surface area contributed by atoms with Gasteiger partial charge >= 0.3 is 5.97 Å². The molecule has 3 rings (SSSR count). The summed E-state index contributed by atoms with van der Waals surface area (Å²) in [6.45, 7) is 5.06. The van der Waals surface area contributed by atoms with E-state index in [4.69, 9.17) is 4.74 Å². The van der Waals surface area contributed by atoms with E-state index in [1.165, 1.54) is 0 Å². The van der Waals surface area contributed by atoms with E-state index >= 15 is 0 Å². The fourth-order valence-electron chi connectivity index (χ4n) is 3.14. The molecule has 2 aliphatic rings. The number of ether oxygens (including phenoxy) is 1. The minimum Gasteiger partial charge on any atom is -0.450 e. The van der Waals surface area contributed by atoms with E-state index in [9.17, 15) is 9.59 Å². The van der Waals surface area contributed by atoms with Crippen LogP contribution < -0.4 is 0 Å². The number of likely N-dealkylation sites (tertiary alicyclic amines) is 1. The second-order valence-corrected chi connectivity index (χ2v) is 5.98. The summed E-state index contributed by atoms with van der Waals surface area (Å²) in [4.78, 5) is 25.9. The molecule has 1 fully saturated rings. The molecule has 1 aromatic carbocycles. The van der Waals surface area contributed by atoms with Crippen molar-refractivity contribution >= 4 is 11.9 Å². The number of carbonyl (C=O) groups excluding carboxylic acids is 2. The zero-order chi connectivity index (χ0) is 15.0. The van der Waals surface area contributed by atoms with Crippen LogP contribution in [-0.2, 0) is 15.1 Å². The molecule has 0 N–H and O–H groups in total. The quantitative estimate of drug-likeness (QED) is 0.588. The number of piperidine rings is 1. The topological polar surface area (TPSA) is 46.6 Å². The summed E-state index contributed by atoms with van der Waals surface area (Å²) in [6, 6.07) is 7.57. The highest BCUT2D eigenvalue weighted by atomic mass is 16.6. The first-order valence-electron chi connectivity index (χ1n) is 7.28. The summed E-state index contributed by atoms with van der Waals surface area (Å²) in [7, 11) is 0. The zero-order valence-corrected chi connectivity index (χ0v) is 12.4. The number of nitrogens with zero attached hydrogens (tertiary/aromatic N) is 1. The highest BCUT2D eigenvalue weighted by Crippen LogP contribution is 2.43. The lowest BCUT2D eigenvalue weighted by Crippen LogP contribution is -2.44. The average molecular weight is 285 g/mol. The summed E-state index contributed by atoms with van der Waals surface area (Å²) in [6.07, 6.45) is 2.99. The lowest BCUT2D eigenvalue weighted by Gasteiger charge is -2.38. The van der Waals surface area contributed by atoms with Gasteiger partial charge in [-0.25, -0.2) is 4.79 Å². The number of hydrogen-bond acceptors (Lipinski definition) is 3. The molecule has 0 radical (unpaired) electrons. The van der Waals surface area contributed by atoms with Crippen LogP contribution in [0, 0.1) is 0 Å². The second kappa shape index (κ2) is 5.02. The number of fused-ring (bicyclic) bond motifs is 2. The highest BCUT2D eigenvalue weighted by Gasteiger charge is 2.47. The van der Waals surface area contributed by atoms with Crippen LogP contribution in [0.3, 0.4) is 0 Å². The molecule has 0 atom stereocenters. The standard InChI is InChI=1S/C17H19NO3/c1-12(2)11-15(19)18-9-7-17(8-10-18)14-6-4-3-5-13(14)16(20)21-17/h3-6,11H,7-10H2,1-2H3. The average Bonchev–Trinajstić information content (AvgIpc) is 2.72. The van der Waals surface area contributed by atoms with Gasteiger partial charge in [0.05, 0.1) is 5.56 Å². The maximum Gasteiger partial charge on any atom is 0.339 e. The summed E-state index contributed by atoms with van der Waals surface area (Å²) in [5.41, 5.74) is 2.11. The van der Waals surface area contributed by atoms with Crippen molar-refractivity contribution in [2.45, 2.75) is 32.3 Å². The lowest BCUT2D eigenvalue weighted by atomic mass is 9.84. The number of benzene rings is 1. The molecule has 1 aromatic rings. The van der Waals surface area contributed by atoms with Crippen molar-refractivity contribution in [2.75, 3.05) is 13.1 Å². The van der Waals surface area contributed by atoms with Crippen molar-refractivity contribution in [3.8, 4) is 0 Å². The van der Waals surface area contributed by atoms with Crippen LogP contribution in [0.1, 0.15) is 42.6 Å². The largest absolute Gasteiger partial charge is 0.450 e. The van der Waals surface area contributed by atoms with E-state index in [0.29, 0.717) is 31.5 Å². The van der Waals surface area contributed by atoms with Gasteiger partial charge < -0.3 is 9.64 Å². The molecule has 0 unspecified atom stereocenters. The normalized spacial score (nSPS) is 19.1. The van der Waals surface area contributed by atoms with Crippen LogP contribution >= 0.6 is 0 Å². The van der Waals surface area contributed by atoms with E-state index in [2.05, 4.69) is 0 Å². The number of esters is 1. The predicted octanol–water partition coefficient (Wildman–Crippen LogP) is 2.64. The van der Waals surface area contributed by atoms with Crippen molar-refractivity contribution in [3.05, 3.63) is 47.0 Å². The van der Waals surface area contributed by atoms with Gasteiger partial charge in [-0.1, -0.05) is 23.8 Å². The van der Waals surface area contributed by atoms with E-state index in [1.807, 2.05) is 43.0 Å². The van der Waals surface area contributed by atoms with Gasteiger partial charge in [0.25, 0.3) is 0 Å². The Balaban J connectivity index is 1.79. The summed E-state index contributed by atoms with van der Waals surface area (Å²) < 4.78 is 5.68. The Morgan fingerprint density at radius 2 is 1.90 bits per heavy atom. The Hall–Kier alpha value is -2.10. The van der Waals surface area contributed by atoms with Gasteiger partial charge in [0, 0.05) is 37.6 Å². The molecule has 2 aliphatic heterocycles. The van der Waals surface area contributed by atoms with Crippen molar-refractivity contribution in [1.29, 1.82) is 0 Å². The van der Waals surface area contributed by atoms with E-state index in [1.54, 1.807) is 6.08 Å². The molecule has 0 aliphatic carbocycles. The Labute approximate surface area is 124 Å². The van der Waals surface area contributed by atoms with Crippen molar-refractivity contribution in [2.24, 2.45) is 0 Å². The van der Waals surface area contributed by atoms with Crippen LogP contribution in [-0.4, -0.2) is 29.9 Å². The van der Waals surface area contributed by atoms with Gasteiger partial charge in [0.2, 0.25) is 5.91 Å². The third-order valence-electron chi connectivity index (χ3n) is 4.22. The minimum absolute atomic E-state index is 0.0439. The third-order valence-corrected chi connectivity index (χ3v) is 4.22. The number of amides is 1. The number of carbonyl (C=O) groups is 2. The van der Waals surface area contributed by atoms with Crippen molar-refractivity contribution in [1.82, 2.24) is 4.90 Å². The monoisotopic (exact) mass is 285 g/mol. The Morgan fingerprint density at radius 1 is 1.24 bits per heavy atom. The second-order valence-electron chi connectivity index (χ2n) is 5.98. The third kappa shape index (κ3) is 2.35. The fourth-order valence-corrected chi connectivity index (χ4v) is 3.14. The van der Waals surface area contributed by atoms with E-state index < -0.39 is 5.60 Å². The molecule has 0 saturated carbocycles. The molecule has 4 heteroatoms. The predicted molar refractivity (Wildman–Crippen MR) is 78.8 cm³/mol. The molecule has 1 spiro atoms. The van der Waals surface area contributed by atoms with Gasteiger partial charge in [0.15, 0.2) is 0 Å². The number of hydrogen-bond donors (Lipinski definition) is 0. The molecular formula is C17H19NO3. The molecular weight excluding hydrogens is 266 g/mol. The molecule has 1 amide bonds. The van der Waals surface area contributed by atoms with E-state index in [-0.39, 0.29) is 11.9 Å². The van der Waals surface area contributed by atoms with Gasteiger partial charge in [0.1, 0.15) is 5.60 Å². The van der Waals surface area contributed by atoms with Gasteiger partial charge in [-0.3, -0.25) is 4.79 Å². The maximum absolute atomic E-state index is 12.1. The summed E-state index contributed by atoms with van der Waals surface area (Å²) in [5, 5.41) is 0. The van der Waals surface area contributed by atoms with Crippen LogP contribution in [0.4, 0.5) is 0 Å². The minimum atomic E-state index is -0.532. The smallest absolute Gasteiger partial charge is 0.339 e. The molecule has 4 nitrogen and oxygen atoms in total. The van der Waals surface area contributed by atoms with Crippen LogP contribution in [0.5, 0.6) is 0 Å². The zero-order valence-electron chi connectivity index (χ0n) is 12.4. The highest BCUT2D eigenvalue weighted by molar-refractivity contribution is 5.95.